The highest BCUT2D eigenvalue weighted by atomic mass is 31.2. The fourth-order valence-corrected chi connectivity index (χ4v) is 4.41. The first-order chi connectivity index (χ1) is 17.8. The molecule has 0 saturated carbocycles. The van der Waals surface area contributed by atoms with Crippen molar-refractivity contribution in [2.45, 2.75) is 65.6 Å². The van der Waals surface area contributed by atoms with Crippen LogP contribution in [0.1, 0.15) is 63.5 Å². The van der Waals surface area contributed by atoms with Crippen LogP contribution in [0, 0.1) is 0 Å². The lowest BCUT2D eigenvalue weighted by Crippen LogP contribution is -2.11. The van der Waals surface area contributed by atoms with Crippen LogP contribution in [-0.4, -0.2) is 31.2 Å². The highest BCUT2D eigenvalue weighted by Gasteiger charge is 2.29. The van der Waals surface area contributed by atoms with E-state index in [1.54, 1.807) is 48.5 Å². The minimum atomic E-state index is -3.86. The van der Waals surface area contributed by atoms with Gasteiger partial charge in [0.05, 0.1) is 20.3 Å². The molecule has 0 atom stereocenters. The van der Waals surface area contributed by atoms with Gasteiger partial charge in [-0.3, -0.25) is 18.9 Å². The second-order valence-corrected chi connectivity index (χ2v) is 10.4. The third kappa shape index (κ3) is 11.7. The van der Waals surface area contributed by atoms with E-state index in [0.29, 0.717) is 35.5 Å². The topological polar surface area (TPSA) is 114 Å². The van der Waals surface area contributed by atoms with Gasteiger partial charge >= 0.3 is 25.5 Å². The molecule has 37 heavy (non-hydrogen) atoms. The van der Waals surface area contributed by atoms with Crippen LogP contribution in [0.15, 0.2) is 48.5 Å². The molecular formula is C27H35O9P. The second-order valence-electron chi connectivity index (χ2n) is 8.34. The van der Waals surface area contributed by atoms with Gasteiger partial charge < -0.3 is 23.3 Å². The molecule has 0 spiro atoms. The van der Waals surface area contributed by atoms with E-state index in [1.807, 2.05) is 13.8 Å². The lowest BCUT2D eigenvalue weighted by molar-refractivity contribution is -0.138. The van der Waals surface area contributed by atoms with E-state index in [0.717, 1.165) is 25.7 Å². The van der Waals surface area contributed by atoms with Gasteiger partial charge in [-0.15, -0.1) is 0 Å². The molecule has 9 nitrogen and oxygen atoms in total. The zero-order valence-electron chi connectivity index (χ0n) is 21.6. The molecule has 0 unspecified atom stereocenters. The smallest absolute Gasteiger partial charge is 0.342 e. The van der Waals surface area contributed by atoms with Crippen molar-refractivity contribution in [3.63, 3.8) is 0 Å². The van der Waals surface area contributed by atoms with Gasteiger partial charge in [0, 0.05) is 12.8 Å². The highest BCUT2D eigenvalue weighted by Crippen LogP contribution is 2.49. The molecule has 0 heterocycles. The van der Waals surface area contributed by atoms with Gasteiger partial charge in [0.2, 0.25) is 0 Å². The van der Waals surface area contributed by atoms with Crippen LogP contribution in [0.2, 0.25) is 0 Å². The standard InChI is InChI=1S/C27H35O9P/c1-4-6-8-25(28)35-23-14-10-21(11-15-23)18-33-37(31,20-27(30)32-3)34-19-22-12-16-24(17-13-22)36-26(29)9-7-5-2/h10-17H,4-9,18-20H2,1-3H3. The Bertz CT molecular complexity index is 975. The maximum Gasteiger partial charge on any atom is 0.342 e. The normalized spacial score (nSPS) is 11.1. The molecule has 0 saturated heterocycles. The van der Waals surface area contributed by atoms with Gasteiger partial charge in [0.1, 0.15) is 17.7 Å². The number of methoxy groups -OCH3 is 1. The average molecular weight is 535 g/mol. The molecule has 0 fully saturated rings. The Hall–Kier alpha value is -3.00. The maximum absolute atomic E-state index is 13.3. The number of rotatable bonds is 16. The Morgan fingerprint density at radius 3 is 1.43 bits per heavy atom. The zero-order valence-corrected chi connectivity index (χ0v) is 22.5. The van der Waals surface area contributed by atoms with Crippen molar-refractivity contribution in [1.29, 1.82) is 0 Å². The first-order valence-electron chi connectivity index (χ1n) is 12.3. The van der Waals surface area contributed by atoms with Crippen LogP contribution in [0.25, 0.3) is 0 Å². The number of hydrogen-bond acceptors (Lipinski definition) is 9. The summed E-state index contributed by atoms with van der Waals surface area (Å²) in [6, 6.07) is 13.2. The Kier molecular flexibility index (Phi) is 13.0. The summed E-state index contributed by atoms with van der Waals surface area (Å²) in [7, 11) is -2.67. The van der Waals surface area contributed by atoms with Crippen LogP contribution in [0.5, 0.6) is 11.5 Å². The van der Waals surface area contributed by atoms with Crippen molar-refractivity contribution in [2.75, 3.05) is 13.3 Å². The number of carbonyl (C=O) groups is 3. The van der Waals surface area contributed by atoms with Gasteiger partial charge in [0.25, 0.3) is 0 Å². The van der Waals surface area contributed by atoms with E-state index in [4.69, 9.17) is 18.5 Å². The third-order valence-corrected chi connectivity index (χ3v) is 6.88. The molecule has 2 aromatic rings. The van der Waals surface area contributed by atoms with Gasteiger partial charge in [-0.2, -0.15) is 0 Å². The summed E-state index contributed by atoms with van der Waals surface area (Å²) in [4.78, 5) is 35.4. The monoisotopic (exact) mass is 534 g/mol. The van der Waals surface area contributed by atoms with Crippen molar-refractivity contribution in [1.82, 2.24) is 0 Å². The van der Waals surface area contributed by atoms with Crippen molar-refractivity contribution in [2.24, 2.45) is 0 Å². The fraction of sp³-hybridized carbons (Fsp3) is 0.444. The average Bonchev–Trinajstić information content (AvgIpc) is 2.90. The predicted octanol–water partition coefficient (Wildman–Crippen LogP) is 5.98. The molecule has 0 aliphatic rings. The van der Waals surface area contributed by atoms with E-state index < -0.39 is 19.7 Å². The van der Waals surface area contributed by atoms with Gasteiger partial charge in [-0.05, 0) is 48.2 Å². The summed E-state index contributed by atoms with van der Waals surface area (Å²) in [5, 5.41) is 0. The lowest BCUT2D eigenvalue weighted by atomic mass is 10.2. The van der Waals surface area contributed by atoms with Crippen LogP contribution in [-0.2, 0) is 45.9 Å². The van der Waals surface area contributed by atoms with Crippen molar-refractivity contribution < 1.29 is 42.2 Å². The number of esters is 3. The van der Waals surface area contributed by atoms with E-state index in [-0.39, 0.29) is 25.2 Å². The SMILES string of the molecule is CCCCC(=O)Oc1ccc(COP(=O)(CC(=O)OC)OCc2ccc(OC(=O)CCCC)cc2)cc1. The number of ether oxygens (including phenoxy) is 3. The largest absolute Gasteiger partial charge is 0.469 e. The summed E-state index contributed by atoms with van der Waals surface area (Å²) < 4.78 is 39.6. The van der Waals surface area contributed by atoms with E-state index >= 15 is 0 Å². The van der Waals surface area contributed by atoms with Crippen LogP contribution < -0.4 is 9.47 Å². The summed E-state index contributed by atoms with van der Waals surface area (Å²) in [5.74, 6) is -0.530. The molecule has 202 valence electrons. The number of benzene rings is 2. The Morgan fingerprint density at radius 1 is 0.676 bits per heavy atom. The zero-order chi connectivity index (χ0) is 27.1. The summed E-state index contributed by atoms with van der Waals surface area (Å²) in [6.45, 7) is 3.81. The predicted molar refractivity (Wildman–Crippen MR) is 137 cm³/mol. The van der Waals surface area contributed by atoms with Crippen LogP contribution >= 0.6 is 7.60 Å². The Labute approximate surface area is 217 Å². The third-order valence-electron chi connectivity index (χ3n) is 5.19. The second kappa shape index (κ2) is 16.0. The molecule has 0 aromatic heterocycles. The molecule has 2 aromatic carbocycles. The lowest BCUT2D eigenvalue weighted by Gasteiger charge is -2.18. The minimum absolute atomic E-state index is 0.0923. The Balaban J connectivity index is 1.95. The molecule has 0 N–H and O–H groups in total. The molecule has 0 aliphatic heterocycles. The fourth-order valence-electron chi connectivity index (χ4n) is 3.01. The highest BCUT2D eigenvalue weighted by molar-refractivity contribution is 7.54. The van der Waals surface area contributed by atoms with Crippen molar-refractivity contribution in [3.8, 4) is 11.5 Å². The van der Waals surface area contributed by atoms with Gasteiger partial charge in [0.15, 0.2) is 0 Å². The molecule has 0 bridgehead atoms. The van der Waals surface area contributed by atoms with E-state index in [2.05, 4.69) is 4.74 Å². The Morgan fingerprint density at radius 2 is 1.08 bits per heavy atom. The number of hydrogen-bond donors (Lipinski definition) is 0. The first kappa shape index (κ1) is 30.2. The summed E-state index contributed by atoms with van der Waals surface area (Å²) in [5.41, 5.74) is 1.30. The van der Waals surface area contributed by atoms with E-state index in [1.165, 1.54) is 7.11 Å². The maximum atomic E-state index is 13.3. The van der Waals surface area contributed by atoms with Crippen molar-refractivity contribution >= 4 is 25.5 Å². The summed E-state index contributed by atoms with van der Waals surface area (Å²) >= 11 is 0. The number of unbranched alkanes of at least 4 members (excludes halogenated alkanes) is 2. The summed E-state index contributed by atoms with van der Waals surface area (Å²) in [6.07, 6.45) is 3.47. The van der Waals surface area contributed by atoms with E-state index in [9.17, 15) is 18.9 Å². The molecular weight excluding hydrogens is 499 g/mol. The molecule has 0 amide bonds. The quantitative estimate of drug-likeness (QED) is 0.146. The minimum Gasteiger partial charge on any atom is -0.469 e. The van der Waals surface area contributed by atoms with Crippen molar-refractivity contribution in [3.05, 3.63) is 59.7 Å². The van der Waals surface area contributed by atoms with Crippen LogP contribution in [0.3, 0.4) is 0 Å². The molecule has 10 heteroatoms. The molecule has 2 rings (SSSR count). The molecule has 0 aliphatic carbocycles. The van der Waals surface area contributed by atoms with Gasteiger partial charge in [-0.25, -0.2) is 0 Å². The van der Waals surface area contributed by atoms with Crippen LogP contribution in [0.4, 0.5) is 0 Å². The first-order valence-corrected chi connectivity index (χ1v) is 14.0. The molecule has 0 radical (unpaired) electrons. The van der Waals surface area contributed by atoms with Gasteiger partial charge in [-0.1, -0.05) is 51.0 Å². The number of carbonyl (C=O) groups excluding carboxylic acids is 3.